The Hall–Kier alpha value is -4.72. The highest BCUT2D eigenvalue weighted by atomic mass is 16.4. The third-order valence-electron chi connectivity index (χ3n) is 6.90. The lowest BCUT2D eigenvalue weighted by Crippen LogP contribution is -2.58. The van der Waals surface area contributed by atoms with Crippen LogP contribution in [0.15, 0.2) is 43.0 Å². The van der Waals surface area contributed by atoms with Crippen molar-refractivity contribution in [3.63, 3.8) is 0 Å². The lowest BCUT2D eigenvalue weighted by Gasteiger charge is -2.29. The number of primary amides is 1. The Labute approximate surface area is 228 Å². The minimum atomic E-state index is -1.28. The van der Waals surface area contributed by atoms with Gasteiger partial charge in [0.1, 0.15) is 18.1 Å². The number of amides is 4. The molecule has 0 spiro atoms. The van der Waals surface area contributed by atoms with Crippen LogP contribution in [-0.2, 0) is 36.8 Å². The number of rotatable bonds is 12. The monoisotopic (exact) mass is 552 g/mol. The Morgan fingerprint density at radius 3 is 2.52 bits per heavy atom. The molecule has 4 unspecified atom stereocenters. The van der Waals surface area contributed by atoms with Crippen LogP contribution < -0.4 is 22.1 Å². The number of aliphatic carboxylic acids is 1. The van der Waals surface area contributed by atoms with Gasteiger partial charge in [-0.1, -0.05) is 18.2 Å². The van der Waals surface area contributed by atoms with Crippen LogP contribution >= 0.6 is 0 Å². The highest BCUT2D eigenvalue weighted by Crippen LogP contribution is 2.23. The van der Waals surface area contributed by atoms with Crippen LogP contribution in [0.4, 0.5) is 0 Å². The minimum absolute atomic E-state index is 0.0175. The number of aromatic amines is 2. The highest BCUT2D eigenvalue weighted by molar-refractivity contribution is 5.96. The molecule has 3 heterocycles. The number of benzene rings is 1. The molecule has 212 valence electrons. The first kappa shape index (κ1) is 28.3. The van der Waals surface area contributed by atoms with Crippen LogP contribution in [0.5, 0.6) is 0 Å². The molecule has 0 aliphatic carbocycles. The molecule has 0 bridgehead atoms. The molecule has 1 aliphatic heterocycles. The average molecular weight is 553 g/mol. The molecule has 1 saturated heterocycles. The fourth-order valence-electron chi connectivity index (χ4n) is 4.89. The average Bonchev–Trinajstić information content (AvgIpc) is 3.68. The number of nitrogens with zero attached hydrogens (tertiary/aromatic N) is 2. The Bertz CT molecular complexity index is 1390. The Balaban J connectivity index is 1.60. The van der Waals surface area contributed by atoms with Gasteiger partial charge < -0.3 is 42.1 Å². The van der Waals surface area contributed by atoms with Crippen molar-refractivity contribution in [3.05, 3.63) is 54.2 Å². The molecule has 14 heteroatoms. The Morgan fingerprint density at radius 1 is 1.07 bits per heavy atom. The summed E-state index contributed by atoms with van der Waals surface area (Å²) in [6.45, 7) is 0.242. The van der Waals surface area contributed by atoms with E-state index in [4.69, 9.17) is 11.5 Å². The smallest absolute Gasteiger partial charge is 0.326 e. The molecule has 0 radical (unpaired) electrons. The van der Waals surface area contributed by atoms with E-state index in [1.807, 2.05) is 24.3 Å². The number of hydrogen-bond donors (Lipinski definition) is 7. The summed E-state index contributed by atoms with van der Waals surface area (Å²) in [7, 11) is 0. The zero-order valence-electron chi connectivity index (χ0n) is 21.6. The third kappa shape index (κ3) is 6.64. The number of aromatic nitrogens is 3. The van der Waals surface area contributed by atoms with Crippen LogP contribution in [-0.4, -0.2) is 85.3 Å². The van der Waals surface area contributed by atoms with Crippen molar-refractivity contribution < 1.29 is 29.1 Å². The number of likely N-dealkylation sites (tertiary alicyclic amines) is 1. The number of nitrogens with one attached hydrogen (secondary N) is 4. The van der Waals surface area contributed by atoms with Crippen molar-refractivity contribution in [1.29, 1.82) is 0 Å². The number of carbonyl (C=O) groups is 5. The molecule has 0 saturated carbocycles. The second-order valence-electron chi connectivity index (χ2n) is 9.77. The van der Waals surface area contributed by atoms with Gasteiger partial charge in [0, 0.05) is 48.4 Å². The van der Waals surface area contributed by atoms with Crippen molar-refractivity contribution in [2.75, 3.05) is 6.54 Å². The number of carboxylic acids is 1. The SMILES string of the molecule is NC(=O)CC(N)C(=O)NC(Cc1cnc[nH]1)C(=O)NC(Cc1c[nH]c2ccccc12)C(=O)N1CCCC1C(=O)O. The molecule has 2 aromatic heterocycles. The Kier molecular flexibility index (Phi) is 8.79. The first-order chi connectivity index (χ1) is 19.1. The molecule has 1 aliphatic rings. The maximum Gasteiger partial charge on any atom is 0.326 e. The van der Waals surface area contributed by atoms with E-state index >= 15 is 0 Å². The molecule has 14 nitrogen and oxygen atoms in total. The summed E-state index contributed by atoms with van der Waals surface area (Å²) < 4.78 is 0. The van der Waals surface area contributed by atoms with Gasteiger partial charge in [0.15, 0.2) is 0 Å². The van der Waals surface area contributed by atoms with Gasteiger partial charge in [-0.15, -0.1) is 0 Å². The molecular weight excluding hydrogens is 520 g/mol. The zero-order valence-corrected chi connectivity index (χ0v) is 21.6. The van der Waals surface area contributed by atoms with Crippen molar-refractivity contribution in [2.45, 2.75) is 56.3 Å². The summed E-state index contributed by atoms with van der Waals surface area (Å²) in [6, 6.07) is 2.86. The topological polar surface area (TPSA) is 229 Å². The normalized spacial score (nSPS) is 17.2. The lowest BCUT2D eigenvalue weighted by atomic mass is 10.0. The van der Waals surface area contributed by atoms with Gasteiger partial charge in [-0.05, 0) is 24.5 Å². The zero-order chi connectivity index (χ0) is 28.8. The van der Waals surface area contributed by atoms with E-state index in [2.05, 4.69) is 25.6 Å². The van der Waals surface area contributed by atoms with Crippen molar-refractivity contribution in [1.82, 2.24) is 30.5 Å². The second kappa shape index (κ2) is 12.4. The van der Waals surface area contributed by atoms with Crippen LogP contribution in [0, 0.1) is 0 Å². The van der Waals surface area contributed by atoms with Crippen LogP contribution in [0.1, 0.15) is 30.5 Å². The van der Waals surface area contributed by atoms with Crippen molar-refractivity contribution >= 4 is 40.5 Å². The Morgan fingerprint density at radius 2 is 1.82 bits per heavy atom. The summed E-state index contributed by atoms with van der Waals surface area (Å²) in [5, 5.41) is 15.8. The first-order valence-electron chi connectivity index (χ1n) is 12.8. The predicted octanol–water partition coefficient (Wildman–Crippen LogP) is -1.08. The van der Waals surface area contributed by atoms with Gasteiger partial charge in [0.25, 0.3) is 0 Å². The van der Waals surface area contributed by atoms with Crippen LogP contribution in [0.25, 0.3) is 10.9 Å². The quantitative estimate of drug-likeness (QED) is 0.146. The number of H-pyrrole nitrogens is 2. The van der Waals surface area contributed by atoms with E-state index in [0.29, 0.717) is 18.5 Å². The number of fused-ring (bicyclic) bond motifs is 1. The number of nitrogens with two attached hydrogens (primary N) is 2. The van der Waals surface area contributed by atoms with Gasteiger partial charge in [-0.3, -0.25) is 19.2 Å². The number of hydrogen-bond acceptors (Lipinski definition) is 7. The van der Waals surface area contributed by atoms with Gasteiger partial charge in [0.05, 0.1) is 18.8 Å². The third-order valence-corrected chi connectivity index (χ3v) is 6.90. The predicted molar refractivity (Wildman–Crippen MR) is 142 cm³/mol. The van der Waals surface area contributed by atoms with E-state index in [-0.39, 0.29) is 19.4 Å². The second-order valence-corrected chi connectivity index (χ2v) is 9.77. The largest absolute Gasteiger partial charge is 0.480 e. The van der Waals surface area contributed by atoms with E-state index in [1.54, 1.807) is 6.20 Å². The van der Waals surface area contributed by atoms with Crippen LogP contribution in [0.3, 0.4) is 0 Å². The molecule has 1 aromatic carbocycles. The molecule has 9 N–H and O–H groups in total. The van der Waals surface area contributed by atoms with Gasteiger partial charge in [-0.2, -0.15) is 0 Å². The van der Waals surface area contributed by atoms with Crippen molar-refractivity contribution in [2.24, 2.45) is 11.5 Å². The molecule has 3 aromatic rings. The summed E-state index contributed by atoms with van der Waals surface area (Å²) in [5.74, 6) is -3.90. The summed E-state index contributed by atoms with van der Waals surface area (Å²) >= 11 is 0. The van der Waals surface area contributed by atoms with Gasteiger partial charge in [0.2, 0.25) is 23.6 Å². The van der Waals surface area contributed by atoms with E-state index in [1.165, 1.54) is 17.4 Å². The molecule has 4 amide bonds. The first-order valence-corrected chi connectivity index (χ1v) is 12.8. The summed E-state index contributed by atoms with van der Waals surface area (Å²) in [4.78, 5) is 74.2. The summed E-state index contributed by atoms with van der Waals surface area (Å²) in [5.41, 5.74) is 13.0. The van der Waals surface area contributed by atoms with E-state index in [9.17, 15) is 29.1 Å². The fourth-order valence-corrected chi connectivity index (χ4v) is 4.89. The van der Waals surface area contributed by atoms with Gasteiger partial charge in [-0.25, -0.2) is 9.78 Å². The van der Waals surface area contributed by atoms with Crippen LogP contribution in [0.2, 0.25) is 0 Å². The number of imidazole rings is 1. The van der Waals surface area contributed by atoms with Gasteiger partial charge >= 0.3 is 5.97 Å². The van der Waals surface area contributed by atoms with Crippen molar-refractivity contribution in [3.8, 4) is 0 Å². The summed E-state index contributed by atoms with van der Waals surface area (Å²) in [6.07, 6.45) is 5.09. The highest BCUT2D eigenvalue weighted by Gasteiger charge is 2.39. The number of para-hydroxylation sites is 1. The minimum Gasteiger partial charge on any atom is -0.480 e. The number of carbonyl (C=O) groups excluding carboxylic acids is 4. The molecule has 4 rings (SSSR count). The number of carboxylic acid groups (broad SMARTS) is 1. The fraction of sp³-hybridized carbons (Fsp3) is 0.385. The molecule has 40 heavy (non-hydrogen) atoms. The maximum atomic E-state index is 13.7. The maximum absolute atomic E-state index is 13.7. The van der Waals surface area contributed by atoms with E-state index in [0.717, 1.165) is 16.5 Å². The standard InChI is InChI=1S/C26H32N8O6/c27-17(10-22(28)35)23(36)32-19(9-15-12-29-13-31-15)24(37)33-20(25(38)34-7-3-6-21(34)26(39)40)8-14-11-30-18-5-2-1-4-16(14)18/h1-2,4-5,11-13,17,19-21,30H,3,6-10,27H2,(H2,28,35)(H,29,31)(H,32,36)(H,33,37)(H,39,40). The molecular formula is C26H32N8O6. The molecule has 1 fully saturated rings. The molecule has 4 atom stereocenters. The van der Waals surface area contributed by atoms with E-state index < -0.39 is 60.2 Å². The lowest BCUT2D eigenvalue weighted by molar-refractivity contribution is -0.149.